The van der Waals surface area contributed by atoms with Crippen molar-refractivity contribution in [2.24, 2.45) is 0 Å². The van der Waals surface area contributed by atoms with E-state index in [4.69, 9.17) is 0 Å². The Balaban J connectivity index is 1.40. The molecule has 0 spiro atoms. The Labute approximate surface area is 158 Å². The summed E-state index contributed by atoms with van der Waals surface area (Å²) in [6, 6.07) is 17.0. The Hall–Kier alpha value is -3.15. The molecule has 0 saturated carbocycles. The molecule has 0 atom stereocenters. The van der Waals surface area contributed by atoms with Crippen molar-refractivity contribution in [3.8, 4) is 0 Å². The second-order valence-electron chi connectivity index (χ2n) is 6.53. The van der Waals surface area contributed by atoms with Crippen LogP contribution in [-0.2, 0) is 27.3 Å². The van der Waals surface area contributed by atoms with Gasteiger partial charge in [-0.3, -0.25) is 14.4 Å². The van der Waals surface area contributed by atoms with E-state index in [2.05, 4.69) is 10.6 Å². The molecule has 6 nitrogen and oxygen atoms in total. The molecule has 3 rings (SSSR count). The normalized spacial score (nSPS) is 13.5. The molecule has 0 aliphatic carbocycles. The molecule has 1 fully saturated rings. The summed E-state index contributed by atoms with van der Waals surface area (Å²) in [5.74, 6) is -0.270. The number of anilines is 1. The molecule has 1 saturated heterocycles. The number of hydrogen-bond donors (Lipinski definition) is 2. The summed E-state index contributed by atoms with van der Waals surface area (Å²) >= 11 is 0. The molecule has 0 bridgehead atoms. The van der Waals surface area contributed by atoms with Crippen LogP contribution in [0.2, 0.25) is 0 Å². The predicted molar refractivity (Wildman–Crippen MR) is 103 cm³/mol. The standard InChI is InChI=1S/C21H23N3O3/c25-19(13-16-5-2-1-3-6-16)23-15-20(26)22-14-17-8-10-18(11-9-17)24-12-4-7-21(24)27/h1-3,5-6,8-11H,4,7,12-15H2,(H,22,26)(H,23,25). The average Bonchev–Trinajstić information content (AvgIpc) is 3.12. The van der Waals surface area contributed by atoms with Crippen LogP contribution in [0.3, 0.4) is 0 Å². The number of nitrogens with one attached hydrogen (secondary N) is 2. The molecule has 2 aromatic carbocycles. The first kappa shape index (κ1) is 18.6. The minimum Gasteiger partial charge on any atom is -0.350 e. The molecule has 140 valence electrons. The van der Waals surface area contributed by atoms with Crippen LogP contribution in [0.5, 0.6) is 0 Å². The SMILES string of the molecule is O=C(CNC(=O)Cc1ccccc1)NCc1ccc(N2CCCC2=O)cc1. The number of hydrogen-bond acceptors (Lipinski definition) is 3. The highest BCUT2D eigenvalue weighted by molar-refractivity contribution is 5.95. The number of rotatable bonds is 7. The third kappa shape index (κ3) is 5.41. The lowest BCUT2D eigenvalue weighted by Gasteiger charge is -2.16. The molecule has 1 aliphatic heterocycles. The smallest absolute Gasteiger partial charge is 0.239 e. The van der Waals surface area contributed by atoms with Crippen molar-refractivity contribution in [3.63, 3.8) is 0 Å². The summed E-state index contributed by atoms with van der Waals surface area (Å²) in [6.45, 7) is 1.09. The maximum Gasteiger partial charge on any atom is 0.239 e. The highest BCUT2D eigenvalue weighted by atomic mass is 16.2. The van der Waals surface area contributed by atoms with Crippen LogP contribution in [-0.4, -0.2) is 30.8 Å². The van der Waals surface area contributed by atoms with Gasteiger partial charge in [-0.05, 0) is 29.7 Å². The van der Waals surface area contributed by atoms with Gasteiger partial charge in [-0.15, -0.1) is 0 Å². The van der Waals surface area contributed by atoms with Crippen LogP contribution in [0.25, 0.3) is 0 Å². The van der Waals surface area contributed by atoms with Crippen LogP contribution in [0.1, 0.15) is 24.0 Å². The third-order valence-electron chi connectivity index (χ3n) is 4.46. The molecule has 27 heavy (non-hydrogen) atoms. The Bertz CT molecular complexity index is 803. The molecule has 0 aromatic heterocycles. The maximum atomic E-state index is 11.9. The molecule has 1 heterocycles. The summed E-state index contributed by atoms with van der Waals surface area (Å²) in [4.78, 5) is 37.3. The number of amides is 3. The van der Waals surface area contributed by atoms with Crippen LogP contribution in [0, 0.1) is 0 Å². The first-order chi connectivity index (χ1) is 13.1. The topological polar surface area (TPSA) is 78.5 Å². The maximum absolute atomic E-state index is 11.9. The second-order valence-corrected chi connectivity index (χ2v) is 6.53. The van der Waals surface area contributed by atoms with Crippen molar-refractivity contribution in [3.05, 3.63) is 65.7 Å². The molecule has 1 aliphatic rings. The zero-order chi connectivity index (χ0) is 19.1. The van der Waals surface area contributed by atoms with Gasteiger partial charge in [0.1, 0.15) is 0 Å². The van der Waals surface area contributed by atoms with Gasteiger partial charge in [0, 0.05) is 25.2 Å². The number of carbonyl (C=O) groups excluding carboxylic acids is 3. The van der Waals surface area contributed by atoms with Crippen molar-refractivity contribution in [1.82, 2.24) is 10.6 Å². The van der Waals surface area contributed by atoms with Crippen LogP contribution in [0.15, 0.2) is 54.6 Å². The highest BCUT2D eigenvalue weighted by Crippen LogP contribution is 2.21. The van der Waals surface area contributed by atoms with Crippen molar-refractivity contribution in [1.29, 1.82) is 0 Å². The van der Waals surface area contributed by atoms with Gasteiger partial charge < -0.3 is 15.5 Å². The quantitative estimate of drug-likeness (QED) is 0.785. The molecule has 0 unspecified atom stereocenters. The number of nitrogens with zero attached hydrogens (tertiary/aromatic N) is 1. The lowest BCUT2D eigenvalue weighted by molar-refractivity contribution is -0.125. The number of benzene rings is 2. The molecule has 2 aromatic rings. The molecule has 6 heteroatoms. The first-order valence-electron chi connectivity index (χ1n) is 9.08. The van der Waals surface area contributed by atoms with Gasteiger partial charge in [0.05, 0.1) is 13.0 Å². The fraction of sp³-hybridized carbons (Fsp3) is 0.286. The van der Waals surface area contributed by atoms with E-state index in [0.717, 1.165) is 29.8 Å². The van der Waals surface area contributed by atoms with Crippen molar-refractivity contribution in [2.75, 3.05) is 18.0 Å². The highest BCUT2D eigenvalue weighted by Gasteiger charge is 2.21. The van der Waals surface area contributed by atoms with E-state index in [9.17, 15) is 14.4 Å². The van der Waals surface area contributed by atoms with Crippen LogP contribution < -0.4 is 15.5 Å². The summed E-state index contributed by atoms with van der Waals surface area (Å²) in [5.41, 5.74) is 2.74. The van der Waals surface area contributed by atoms with Gasteiger partial charge in [0.15, 0.2) is 0 Å². The fourth-order valence-electron chi connectivity index (χ4n) is 3.00. The van der Waals surface area contributed by atoms with Gasteiger partial charge in [-0.2, -0.15) is 0 Å². The van der Waals surface area contributed by atoms with Crippen LogP contribution in [0.4, 0.5) is 5.69 Å². The second kappa shape index (κ2) is 8.98. The summed E-state index contributed by atoms with van der Waals surface area (Å²) in [7, 11) is 0. The number of carbonyl (C=O) groups is 3. The minimum atomic E-state index is -0.241. The minimum absolute atomic E-state index is 0.0496. The third-order valence-corrected chi connectivity index (χ3v) is 4.46. The lowest BCUT2D eigenvalue weighted by Crippen LogP contribution is -2.37. The van der Waals surface area contributed by atoms with E-state index in [-0.39, 0.29) is 30.7 Å². The molecule has 2 N–H and O–H groups in total. The Morgan fingerprint density at radius 2 is 1.63 bits per heavy atom. The molecule has 3 amide bonds. The van der Waals surface area contributed by atoms with E-state index in [1.165, 1.54) is 0 Å². The van der Waals surface area contributed by atoms with Gasteiger partial charge >= 0.3 is 0 Å². The van der Waals surface area contributed by atoms with E-state index < -0.39 is 0 Å². The van der Waals surface area contributed by atoms with Crippen molar-refractivity contribution < 1.29 is 14.4 Å². The van der Waals surface area contributed by atoms with E-state index >= 15 is 0 Å². The Morgan fingerprint density at radius 1 is 0.889 bits per heavy atom. The first-order valence-corrected chi connectivity index (χ1v) is 9.08. The van der Waals surface area contributed by atoms with Crippen LogP contribution >= 0.6 is 0 Å². The summed E-state index contributed by atoms with van der Waals surface area (Å²) < 4.78 is 0. The summed E-state index contributed by atoms with van der Waals surface area (Å²) in [5, 5.41) is 5.40. The zero-order valence-corrected chi connectivity index (χ0v) is 15.1. The fourth-order valence-corrected chi connectivity index (χ4v) is 3.00. The van der Waals surface area contributed by atoms with Gasteiger partial charge in [-0.1, -0.05) is 42.5 Å². The van der Waals surface area contributed by atoms with E-state index in [0.29, 0.717) is 13.0 Å². The molecular formula is C21H23N3O3. The van der Waals surface area contributed by atoms with E-state index in [1.54, 1.807) is 4.90 Å². The van der Waals surface area contributed by atoms with Crippen molar-refractivity contribution >= 4 is 23.4 Å². The average molecular weight is 365 g/mol. The lowest BCUT2D eigenvalue weighted by atomic mass is 10.1. The molecule has 0 radical (unpaired) electrons. The van der Waals surface area contributed by atoms with Crippen molar-refractivity contribution in [2.45, 2.75) is 25.8 Å². The largest absolute Gasteiger partial charge is 0.350 e. The summed E-state index contributed by atoms with van der Waals surface area (Å²) in [6.07, 6.45) is 1.76. The van der Waals surface area contributed by atoms with Gasteiger partial charge in [0.25, 0.3) is 0 Å². The Morgan fingerprint density at radius 3 is 2.30 bits per heavy atom. The zero-order valence-electron chi connectivity index (χ0n) is 15.1. The van der Waals surface area contributed by atoms with Gasteiger partial charge in [0.2, 0.25) is 17.7 Å². The predicted octanol–water partition coefficient (Wildman–Crippen LogP) is 1.79. The monoisotopic (exact) mass is 365 g/mol. The Kier molecular flexibility index (Phi) is 6.20. The van der Waals surface area contributed by atoms with E-state index in [1.807, 2.05) is 54.6 Å². The molecular weight excluding hydrogens is 342 g/mol. The van der Waals surface area contributed by atoms with Gasteiger partial charge in [-0.25, -0.2) is 0 Å².